The predicted octanol–water partition coefficient (Wildman–Crippen LogP) is 4.23. The molecule has 1 aliphatic carbocycles. The van der Waals surface area contributed by atoms with Crippen molar-refractivity contribution < 1.29 is 0 Å². The molecule has 2 aromatic heterocycles. The number of aryl methyl sites for hydroxylation is 1. The van der Waals surface area contributed by atoms with Gasteiger partial charge in [0.1, 0.15) is 11.3 Å². The molecule has 0 N–H and O–H groups in total. The second-order valence-corrected chi connectivity index (χ2v) is 6.49. The fourth-order valence-electron chi connectivity index (χ4n) is 3.32. The van der Waals surface area contributed by atoms with E-state index in [1.807, 2.05) is 19.1 Å². The Morgan fingerprint density at radius 1 is 1.37 bits per heavy atom. The molecular formula is C15H20ClN3. The molecule has 3 nitrogen and oxygen atoms in total. The van der Waals surface area contributed by atoms with Crippen LogP contribution in [0.3, 0.4) is 0 Å². The summed E-state index contributed by atoms with van der Waals surface area (Å²) in [5, 5.41) is 0. The molecule has 1 fully saturated rings. The zero-order valence-electron chi connectivity index (χ0n) is 11.8. The summed E-state index contributed by atoms with van der Waals surface area (Å²) in [7, 11) is 0. The van der Waals surface area contributed by atoms with Crippen molar-refractivity contribution in [2.75, 3.05) is 0 Å². The average Bonchev–Trinajstić information content (AvgIpc) is 2.88. The summed E-state index contributed by atoms with van der Waals surface area (Å²) in [6.45, 7) is 6.70. The van der Waals surface area contributed by atoms with Gasteiger partial charge in [0.25, 0.3) is 0 Å². The third kappa shape index (κ3) is 2.04. The van der Waals surface area contributed by atoms with Crippen LogP contribution in [0.15, 0.2) is 12.1 Å². The number of pyridine rings is 1. The van der Waals surface area contributed by atoms with Gasteiger partial charge in [-0.2, -0.15) is 0 Å². The van der Waals surface area contributed by atoms with Crippen molar-refractivity contribution in [2.24, 2.45) is 5.41 Å². The van der Waals surface area contributed by atoms with E-state index in [1.54, 1.807) is 0 Å². The minimum absolute atomic E-state index is 0.292. The third-order valence-electron chi connectivity index (χ3n) is 4.38. The number of aromatic nitrogens is 3. The second kappa shape index (κ2) is 4.48. The molecule has 19 heavy (non-hydrogen) atoms. The second-order valence-electron chi connectivity index (χ2n) is 6.22. The van der Waals surface area contributed by atoms with Gasteiger partial charge in [-0.3, -0.25) is 0 Å². The minimum Gasteiger partial charge on any atom is -0.308 e. The first-order chi connectivity index (χ1) is 9.03. The predicted molar refractivity (Wildman–Crippen MR) is 78.5 cm³/mol. The zero-order valence-corrected chi connectivity index (χ0v) is 12.5. The van der Waals surface area contributed by atoms with E-state index in [0.29, 0.717) is 17.3 Å². The van der Waals surface area contributed by atoms with Crippen molar-refractivity contribution in [3.63, 3.8) is 0 Å². The van der Waals surface area contributed by atoms with Gasteiger partial charge >= 0.3 is 0 Å². The quantitative estimate of drug-likeness (QED) is 0.769. The monoisotopic (exact) mass is 277 g/mol. The maximum Gasteiger partial charge on any atom is 0.160 e. The normalized spacial score (nSPS) is 22.2. The van der Waals surface area contributed by atoms with Gasteiger partial charge in [0.2, 0.25) is 0 Å². The number of alkyl halides is 1. The highest BCUT2D eigenvalue weighted by Crippen LogP contribution is 2.47. The highest BCUT2D eigenvalue weighted by Gasteiger charge is 2.37. The van der Waals surface area contributed by atoms with Gasteiger partial charge in [0.05, 0.1) is 5.88 Å². The van der Waals surface area contributed by atoms with E-state index < -0.39 is 0 Å². The summed E-state index contributed by atoms with van der Waals surface area (Å²) in [6.07, 6.45) is 3.72. The van der Waals surface area contributed by atoms with Gasteiger partial charge in [0.15, 0.2) is 5.65 Å². The van der Waals surface area contributed by atoms with E-state index in [-0.39, 0.29) is 0 Å². The Labute approximate surface area is 119 Å². The van der Waals surface area contributed by atoms with Crippen molar-refractivity contribution in [3.8, 4) is 0 Å². The van der Waals surface area contributed by atoms with Crippen LogP contribution in [0, 0.1) is 12.3 Å². The lowest BCUT2D eigenvalue weighted by atomic mass is 9.87. The fraction of sp³-hybridized carbons (Fsp3) is 0.600. The van der Waals surface area contributed by atoms with E-state index >= 15 is 0 Å². The van der Waals surface area contributed by atoms with Crippen molar-refractivity contribution >= 4 is 22.8 Å². The summed E-state index contributed by atoms with van der Waals surface area (Å²) in [5.74, 6) is 1.40. The van der Waals surface area contributed by atoms with Crippen LogP contribution < -0.4 is 0 Å². The van der Waals surface area contributed by atoms with E-state index in [4.69, 9.17) is 16.6 Å². The largest absolute Gasteiger partial charge is 0.308 e. The van der Waals surface area contributed by atoms with Crippen LogP contribution in [0.1, 0.15) is 50.7 Å². The van der Waals surface area contributed by atoms with Crippen LogP contribution in [-0.2, 0) is 5.88 Å². The Morgan fingerprint density at radius 3 is 2.79 bits per heavy atom. The number of rotatable bonds is 2. The lowest BCUT2D eigenvalue weighted by Crippen LogP contribution is -2.23. The van der Waals surface area contributed by atoms with Gasteiger partial charge in [0, 0.05) is 11.7 Å². The van der Waals surface area contributed by atoms with Crippen molar-refractivity contribution in [1.29, 1.82) is 0 Å². The fourth-order valence-corrected chi connectivity index (χ4v) is 3.51. The molecule has 2 aromatic rings. The van der Waals surface area contributed by atoms with Crippen LogP contribution in [0.4, 0.5) is 0 Å². The Balaban J connectivity index is 2.23. The van der Waals surface area contributed by atoms with E-state index in [9.17, 15) is 0 Å². The molecule has 1 atom stereocenters. The first kappa shape index (κ1) is 12.9. The Hall–Kier alpha value is -1.09. The summed E-state index contributed by atoms with van der Waals surface area (Å²) in [6, 6.07) is 4.52. The summed E-state index contributed by atoms with van der Waals surface area (Å²) >= 11 is 6.10. The van der Waals surface area contributed by atoms with Gasteiger partial charge in [-0.05, 0) is 37.3 Å². The number of nitrogens with zero attached hydrogens (tertiary/aromatic N) is 3. The molecule has 4 heteroatoms. The zero-order chi connectivity index (χ0) is 13.6. The summed E-state index contributed by atoms with van der Waals surface area (Å²) < 4.78 is 2.29. The molecule has 0 aromatic carbocycles. The Kier molecular flexibility index (Phi) is 3.05. The molecule has 2 heterocycles. The van der Waals surface area contributed by atoms with Crippen LogP contribution in [0.25, 0.3) is 11.2 Å². The number of fused-ring (bicyclic) bond motifs is 1. The average molecular weight is 278 g/mol. The highest BCUT2D eigenvalue weighted by atomic mass is 35.5. The summed E-state index contributed by atoms with van der Waals surface area (Å²) in [5.41, 5.74) is 3.28. The van der Waals surface area contributed by atoms with Crippen LogP contribution in [0.5, 0.6) is 0 Å². The van der Waals surface area contributed by atoms with Crippen molar-refractivity contribution in [3.05, 3.63) is 23.7 Å². The van der Waals surface area contributed by atoms with Gasteiger partial charge in [-0.15, -0.1) is 11.6 Å². The van der Waals surface area contributed by atoms with Gasteiger partial charge in [-0.25, -0.2) is 9.97 Å². The third-order valence-corrected chi connectivity index (χ3v) is 4.62. The maximum atomic E-state index is 6.10. The Morgan fingerprint density at radius 2 is 2.16 bits per heavy atom. The molecular weight excluding hydrogens is 258 g/mol. The molecule has 0 spiro atoms. The molecule has 0 amide bonds. The summed E-state index contributed by atoms with van der Waals surface area (Å²) in [4.78, 5) is 9.35. The van der Waals surface area contributed by atoms with Gasteiger partial charge < -0.3 is 4.57 Å². The molecule has 1 unspecified atom stereocenters. The lowest BCUT2D eigenvalue weighted by molar-refractivity contribution is 0.261. The SMILES string of the molecule is Cc1ccc2nc(CCl)n(C3CCCC3(C)C)c2n1. The smallest absolute Gasteiger partial charge is 0.160 e. The van der Waals surface area contributed by atoms with E-state index in [1.165, 1.54) is 19.3 Å². The Bertz CT molecular complexity index is 615. The van der Waals surface area contributed by atoms with Crippen LogP contribution in [-0.4, -0.2) is 14.5 Å². The number of halogens is 1. The molecule has 0 aliphatic heterocycles. The molecule has 102 valence electrons. The van der Waals surface area contributed by atoms with Crippen LogP contribution in [0.2, 0.25) is 0 Å². The molecule has 3 rings (SSSR count). The molecule has 1 aliphatic rings. The molecule has 0 radical (unpaired) electrons. The van der Waals surface area contributed by atoms with Crippen molar-refractivity contribution in [2.45, 2.75) is 52.0 Å². The molecule has 0 bridgehead atoms. The highest BCUT2D eigenvalue weighted by molar-refractivity contribution is 6.16. The van der Waals surface area contributed by atoms with Crippen molar-refractivity contribution in [1.82, 2.24) is 14.5 Å². The first-order valence-electron chi connectivity index (χ1n) is 6.93. The maximum absolute atomic E-state index is 6.10. The lowest BCUT2D eigenvalue weighted by Gasteiger charge is -2.29. The molecule has 0 saturated heterocycles. The van der Waals surface area contributed by atoms with Gasteiger partial charge in [-0.1, -0.05) is 20.3 Å². The molecule has 1 saturated carbocycles. The minimum atomic E-state index is 0.292. The number of hydrogen-bond acceptors (Lipinski definition) is 2. The van der Waals surface area contributed by atoms with E-state index in [0.717, 1.165) is 22.7 Å². The first-order valence-corrected chi connectivity index (χ1v) is 7.47. The number of imidazole rings is 1. The van der Waals surface area contributed by atoms with E-state index in [2.05, 4.69) is 23.4 Å². The topological polar surface area (TPSA) is 30.7 Å². The van der Waals surface area contributed by atoms with Crippen LogP contribution >= 0.6 is 11.6 Å². The number of hydrogen-bond donors (Lipinski definition) is 0. The standard InChI is InChI=1S/C15H20ClN3/c1-10-6-7-11-14(17-10)19(13(9-16)18-11)12-5-4-8-15(12,2)3/h6-7,12H,4-5,8-9H2,1-3H3.